The number of likely N-dealkylation sites (N-methyl/N-ethyl adjacent to an activating group) is 1. The van der Waals surface area contributed by atoms with Crippen LogP contribution in [0.3, 0.4) is 0 Å². The minimum atomic E-state index is -1.01. The number of carbonyl (C=O) groups is 2. The maximum Gasteiger partial charge on any atom is 0.272 e. The number of benzene rings is 1. The number of fused-ring (bicyclic) bond motifs is 1. The molecule has 0 aliphatic carbocycles. The van der Waals surface area contributed by atoms with E-state index >= 15 is 0 Å². The van der Waals surface area contributed by atoms with E-state index in [4.69, 9.17) is 0 Å². The average molecular weight is 466 g/mol. The Morgan fingerprint density at radius 3 is 2.55 bits per heavy atom. The number of amides is 2. The summed E-state index contributed by atoms with van der Waals surface area (Å²) in [6.45, 7) is 7.43. The first kappa shape index (κ1) is 24.8. The summed E-state index contributed by atoms with van der Waals surface area (Å²) in [7, 11) is 1.92. The zero-order valence-electron chi connectivity index (χ0n) is 19.5. The van der Waals surface area contributed by atoms with Crippen molar-refractivity contribution >= 4 is 11.8 Å². The number of nitrogens with zero attached hydrogens (tertiary/aromatic N) is 3. The van der Waals surface area contributed by atoms with Crippen LogP contribution in [0.5, 0.6) is 0 Å². The second-order valence-corrected chi connectivity index (χ2v) is 9.49. The highest BCUT2D eigenvalue weighted by Crippen LogP contribution is 2.29. The van der Waals surface area contributed by atoms with Crippen LogP contribution in [-0.4, -0.2) is 58.6 Å². The standard InChI is InChI=1S/C23H30F3N5O2/c1-13-11-31-17(12-30(13)5)18(28-20(31)14-6-7-15(25)16(26)10-14)21(32)29-19(23(2,3)4)22(33)27-9-8-24/h6-7,10,13,19H,8-9,11-12H2,1-5H3,(H,27,33)(H,29,32). The molecule has 1 aromatic heterocycles. The van der Waals surface area contributed by atoms with E-state index < -0.39 is 41.6 Å². The maximum atomic E-state index is 13.9. The molecule has 10 heteroatoms. The highest BCUT2D eigenvalue weighted by Gasteiger charge is 2.36. The lowest BCUT2D eigenvalue weighted by molar-refractivity contribution is -0.125. The highest BCUT2D eigenvalue weighted by atomic mass is 19.2. The third-order valence-corrected chi connectivity index (χ3v) is 5.86. The Balaban J connectivity index is 2.02. The van der Waals surface area contributed by atoms with Crippen LogP contribution in [0.4, 0.5) is 13.2 Å². The van der Waals surface area contributed by atoms with Crippen LogP contribution in [0.2, 0.25) is 0 Å². The molecule has 0 saturated heterocycles. The summed E-state index contributed by atoms with van der Waals surface area (Å²) in [5.41, 5.74) is 0.425. The number of hydrogen-bond donors (Lipinski definition) is 2. The summed E-state index contributed by atoms with van der Waals surface area (Å²) in [4.78, 5) is 32.5. The Labute approximate surface area is 191 Å². The molecule has 2 heterocycles. The monoisotopic (exact) mass is 465 g/mol. The lowest BCUT2D eigenvalue weighted by Gasteiger charge is -2.33. The minimum Gasteiger partial charge on any atom is -0.352 e. The first-order valence-corrected chi connectivity index (χ1v) is 10.8. The fourth-order valence-corrected chi connectivity index (χ4v) is 3.82. The molecule has 1 aliphatic heterocycles. The van der Waals surface area contributed by atoms with E-state index in [1.807, 2.05) is 18.5 Å². The fourth-order valence-electron chi connectivity index (χ4n) is 3.82. The number of nitrogens with one attached hydrogen (secondary N) is 2. The molecule has 2 N–H and O–H groups in total. The predicted octanol–water partition coefficient (Wildman–Crippen LogP) is 2.89. The summed E-state index contributed by atoms with van der Waals surface area (Å²) >= 11 is 0. The van der Waals surface area contributed by atoms with Crippen LogP contribution in [0.1, 0.15) is 43.9 Å². The number of alkyl halides is 1. The van der Waals surface area contributed by atoms with E-state index in [1.54, 1.807) is 20.8 Å². The van der Waals surface area contributed by atoms with Gasteiger partial charge >= 0.3 is 0 Å². The Bertz CT molecular complexity index is 1050. The van der Waals surface area contributed by atoms with E-state index in [9.17, 15) is 22.8 Å². The molecule has 0 spiro atoms. The van der Waals surface area contributed by atoms with Gasteiger partial charge in [-0.25, -0.2) is 18.2 Å². The van der Waals surface area contributed by atoms with E-state index in [0.717, 1.165) is 12.1 Å². The molecule has 0 radical (unpaired) electrons. The molecule has 180 valence electrons. The van der Waals surface area contributed by atoms with E-state index in [2.05, 4.69) is 20.5 Å². The molecule has 0 fully saturated rings. The number of carbonyl (C=O) groups excluding carboxylic acids is 2. The molecule has 7 nitrogen and oxygen atoms in total. The Morgan fingerprint density at radius 2 is 1.94 bits per heavy atom. The Kier molecular flexibility index (Phi) is 7.16. The number of aromatic nitrogens is 2. The van der Waals surface area contributed by atoms with Gasteiger partial charge in [0, 0.05) is 31.2 Å². The van der Waals surface area contributed by atoms with E-state index in [0.29, 0.717) is 30.2 Å². The van der Waals surface area contributed by atoms with Crippen LogP contribution in [-0.2, 0) is 17.9 Å². The zero-order chi connectivity index (χ0) is 24.5. The third-order valence-electron chi connectivity index (χ3n) is 5.86. The first-order valence-electron chi connectivity index (χ1n) is 10.8. The molecule has 2 amide bonds. The van der Waals surface area contributed by atoms with E-state index in [1.165, 1.54) is 6.07 Å². The van der Waals surface area contributed by atoms with Gasteiger partial charge in [-0.15, -0.1) is 0 Å². The molecule has 0 bridgehead atoms. The second kappa shape index (κ2) is 9.54. The van der Waals surface area contributed by atoms with Gasteiger partial charge < -0.3 is 15.2 Å². The summed E-state index contributed by atoms with van der Waals surface area (Å²) in [5.74, 6) is -2.68. The molecule has 2 unspecified atom stereocenters. The molecule has 1 aliphatic rings. The van der Waals surface area contributed by atoms with Crippen LogP contribution >= 0.6 is 0 Å². The van der Waals surface area contributed by atoms with Gasteiger partial charge in [0.25, 0.3) is 5.91 Å². The van der Waals surface area contributed by atoms with Crippen molar-refractivity contribution in [2.24, 2.45) is 5.41 Å². The smallest absolute Gasteiger partial charge is 0.272 e. The van der Waals surface area contributed by atoms with Crippen LogP contribution in [0.15, 0.2) is 18.2 Å². The average Bonchev–Trinajstić information content (AvgIpc) is 3.10. The van der Waals surface area contributed by atoms with Crippen molar-refractivity contribution in [3.8, 4) is 11.4 Å². The minimum absolute atomic E-state index is 0.112. The molecule has 3 rings (SSSR count). The normalized spacial score (nSPS) is 17.4. The third kappa shape index (κ3) is 5.21. The maximum absolute atomic E-state index is 13.9. The highest BCUT2D eigenvalue weighted by molar-refractivity contribution is 5.98. The number of halogens is 3. The van der Waals surface area contributed by atoms with Crippen molar-refractivity contribution in [3.63, 3.8) is 0 Å². The van der Waals surface area contributed by atoms with Gasteiger partial charge in [-0.1, -0.05) is 20.8 Å². The van der Waals surface area contributed by atoms with Crippen molar-refractivity contribution < 1.29 is 22.8 Å². The van der Waals surface area contributed by atoms with Gasteiger partial charge in [-0.3, -0.25) is 14.5 Å². The van der Waals surface area contributed by atoms with Crippen molar-refractivity contribution in [1.82, 2.24) is 25.1 Å². The lowest BCUT2D eigenvalue weighted by atomic mass is 9.86. The lowest BCUT2D eigenvalue weighted by Crippen LogP contribution is -2.54. The van der Waals surface area contributed by atoms with Crippen LogP contribution in [0.25, 0.3) is 11.4 Å². The fraction of sp³-hybridized carbons (Fsp3) is 0.522. The number of imidazole rings is 1. The van der Waals surface area contributed by atoms with Gasteiger partial charge in [-0.2, -0.15) is 0 Å². The summed E-state index contributed by atoms with van der Waals surface area (Å²) in [6.07, 6.45) is 0. The Hall–Kier alpha value is -2.88. The topological polar surface area (TPSA) is 79.3 Å². The van der Waals surface area contributed by atoms with Gasteiger partial charge in [-0.05, 0) is 37.6 Å². The van der Waals surface area contributed by atoms with Crippen molar-refractivity contribution in [2.45, 2.75) is 52.9 Å². The second-order valence-electron chi connectivity index (χ2n) is 9.49. The largest absolute Gasteiger partial charge is 0.352 e. The van der Waals surface area contributed by atoms with Crippen LogP contribution in [0, 0.1) is 17.0 Å². The van der Waals surface area contributed by atoms with Gasteiger partial charge in [0.2, 0.25) is 5.91 Å². The van der Waals surface area contributed by atoms with Gasteiger partial charge in [0.05, 0.1) is 5.69 Å². The molecule has 2 atom stereocenters. The molecule has 2 aromatic rings. The first-order chi connectivity index (χ1) is 15.4. The van der Waals surface area contributed by atoms with Crippen molar-refractivity contribution in [1.29, 1.82) is 0 Å². The quantitative estimate of drug-likeness (QED) is 0.688. The molecular weight excluding hydrogens is 435 g/mol. The van der Waals surface area contributed by atoms with Gasteiger partial charge in [0.1, 0.15) is 18.5 Å². The van der Waals surface area contributed by atoms with Crippen LogP contribution < -0.4 is 10.6 Å². The zero-order valence-corrected chi connectivity index (χ0v) is 19.5. The van der Waals surface area contributed by atoms with Gasteiger partial charge in [0.15, 0.2) is 17.3 Å². The summed E-state index contributed by atoms with van der Waals surface area (Å²) < 4.78 is 41.8. The van der Waals surface area contributed by atoms with Crippen molar-refractivity contribution in [3.05, 3.63) is 41.2 Å². The number of rotatable bonds is 6. The SMILES string of the molecule is CC1Cn2c(-c3ccc(F)c(F)c3)nc(C(=O)NC(C(=O)NCCF)C(C)(C)C)c2CN1C. The summed E-state index contributed by atoms with van der Waals surface area (Å²) in [5, 5.41) is 5.22. The number of hydrogen-bond acceptors (Lipinski definition) is 4. The molecular formula is C23H30F3N5O2. The predicted molar refractivity (Wildman–Crippen MR) is 118 cm³/mol. The molecule has 0 saturated carbocycles. The Morgan fingerprint density at radius 1 is 1.24 bits per heavy atom. The van der Waals surface area contributed by atoms with E-state index in [-0.39, 0.29) is 18.3 Å². The summed E-state index contributed by atoms with van der Waals surface area (Å²) in [6, 6.07) is 2.69. The van der Waals surface area contributed by atoms with Crippen molar-refractivity contribution in [2.75, 3.05) is 20.3 Å². The molecule has 33 heavy (non-hydrogen) atoms. The molecule has 1 aromatic carbocycles.